The van der Waals surface area contributed by atoms with Crippen molar-refractivity contribution in [3.63, 3.8) is 0 Å². The van der Waals surface area contributed by atoms with Crippen molar-refractivity contribution in [2.75, 3.05) is 36.0 Å². The van der Waals surface area contributed by atoms with Crippen molar-refractivity contribution in [1.29, 1.82) is 0 Å². The number of nitrogens with zero attached hydrogens (tertiary/aromatic N) is 2. The minimum absolute atomic E-state index is 0. The van der Waals surface area contributed by atoms with Gasteiger partial charge >= 0.3 is 0 Å². The van der Waals surface area contributed by atoms with Crippen LogP contribution in [0.2, 0.25) is 0 Å². The average Bonchev–Trinajstić information content (AvgIpc) is 2.49. The summed E-state index contributed by atoms with van der Waals surface area (Å²) in [5.41, 5.74) is 7.29. The van der Waals surface area contributed by atoms with Crippen LogP contribution in [0, 0.1) is 5.82 Å². The molecule has 0 spiro atoms. The number of rotatable bonds is 2. The van der Waals surface area contributed by atoms with E-state index < -0.39 is 0 Å². The van der Waals surface area contributed by atoms with Gasteiger partial charge in [0.25, 0.3) is 0 Å². The van der Waals surface area contributed by atoms with Crippen molar-refractivity contribution < 1.29 is 21.1 Å². The lowest BCUT2D eigenvalue weighted by Gasteiger charge is -2.37. The molecule has 6 N–H and O–H groups in total. The molecule has 1 heterocycles. The second-order valence-corrected chi connectivity index (χ2v) is 5.12. The summed E-state index contributed by atoms with van der Waals surface area (Å²) in [6.45, 7) is 3.87. The highest BCUT2D eigenvalue weighted by molar-refractivity contribution is 5.53. The monoisotopic (exact) mass is 307 g/mol. The number of halogens is 1. The van der Waals surface area contributed by atoms with E-state index in [-0.39, 0.29) is 16.8 Å². The maximum Gasteiger partial charge on any atom is 0.128 e. The molecular weight excluding hydrogens is 285 g/mol. The molecule has 0 amide bonds. The Morgan fingerprint density at radius 1 is 0.727 bits per heavy atom. The topological polar surface area (TPSA) is 95.6 Å². The van der Waals surface area contributed by atoms with Gasteiger partial charge in [-0.25, -0.2) is 4.39 Å². The van der Waals surface area contributed by atoms with E-state index in [1.807, 2.05) is 24.3 Å². The molecule has 0 aliphatic carbocycles. The van der Waals surface area contributed by atoms with Crippen LogP contribution in [0.5, 0.6) is 0 Å². The third kappa shape index (κ3) is 3.94. The number of benzene rings is 2. The lowest BCUT2D eigenvalue weighted by Crippen LogP contribution is -2.46. The minimum atomic E-state index is -0.180. The molecule has 2 aromatic carbocycles. The molecule has 0 radical (unpaired) electrons. The van der Waals surface area contributed by atoms with Crippen molar-refractivity contribution in [2.45, 2.75) is 0 Å². The molecule has 1 aliphatic heterocycles. The van der Waals surface area contributed by atoms with Crippen LogP contribution >= 0.6 is 0 Å². The Bertz CT molecular complexity index is 513. The molecule has 5 nitrogen and oxygen atoms in total. The van der Waals surface area contributed by atoms with E-state index in [4.69, 9.17) is 0 Å². The van der Waals surface area contributed by atoms with Crippen molar-refractivity contribution in [3.8, 4) is 0 Å². The fraction of sp³-hybridized carbons (Fsp3) is 0.250. The summed E-state index contributed by atoms with van der Waals surface area (Å²) in [4.78, 5) is 4.67. The molecule has 0 aromatic heterocycles. The standard InChI is InChI=1S/C16H18FN3.2H2O/c17-13-1-5-15(6-2-13)19-9-11-20(12-10-19)16-7-3-14(18)4-8-16;;/h1-8H,9-12,18H2;2*1H2. The SMILES string of the molecule is O.[NH3+]c1ccc(N2CCN(c3ccc(F)cc3)CC2)cc1.[OH-]. The predicted molar refractivity (Wildman–Crippen MR) is 85.4 cm³/mol. The lowest BCUT2D eigenvalue weighted by molar-refractivity contribution is -0.254. The molecule has 0 saturated carbocycles. The summed E-state index contributed by atoms with van der Waals surface area (Å²) < 4.78 is 12.9. The van der Waals surface area contributed by atoms with E-state index in [2.05, 4.69) is 27.7 Å². The largest absolute Gasteiger partial charge is 0.870 e. The maximum absolute atomic E-state index is 12.9. The van der Waals surface area contributed by atoms with Crippen molar-refractivity contribution in [1.82, 2.24) is 0 Å². The van der Waals surface area contributed by atoms with Gasteiger partial charge in [-0.15, -0.1) is 0 Å². The van der Waals surface area contributed by atoms with E-state index in [0.29, 0.717) is 0 Å². The van der Waals surface area contributed by atoms with Crippen LogP contribution in [0.3, 0.4) is 0 Å². The molecule has 22 heavy (non-hydrogen) atoms. The first-order valence-electron chi connectivity index (χ1n) is 6.90. The Balaban J connectivity index is 0.00000121. The van der Waals surface area contributed by atoms with Gasteiger partial charge < -0.3 is 26.5 Å². The molecule has 0 atom stereocenters. The van der Waals surface area contributed by atoms with Crippen LogP contribution in [0.4, 0.5) is 21.5 Å². The van der Waals surface area contributed by atoms with Gasteiger partial charge in [-0.05, 0) is 36.4 Å². The normalized spacial score (nSPS) is 14.1. The van der Waals surface area contributed by atoms with Crippen molar-refractivity contribution in [3.05, 3.63) is 54.3 Å². The fourth-order valence-electron chi connectivity index (χ4n) is 2.58. The van der Waals surface area contributed by atoms with Crippen molar-refractivity contribution in [2.24, 2.45) is 0 Å². The number of quaternary nitrogens is 1. The second kappa shape index (κ2) is 7.74. The highest BCUT2D eigenvalue weighted by Gasteiger charge is 2.17. The van der Waals surface area contributed by atoms with Gasteiger partial charge in [0.2, 0.25) is 0 Å². The zero-order valence-corrected chi connectivity index (χ0v) is 12.4. The average molecular weight is 307 g/mol. The van der Waals surface area contributed by atoms with E-state index in [1.54, 1.807) is 0 Å². The molecule has 2 aromatic rings. The van der Waals surface area contributed by atoms with Gasteiger partial charge in [0.1, 0.15) is 11.5 Å². The first-order valence-corrected chi connectivity index (χ1v) is 6.90. The molecule has 0 bridgehead atoms. The molecule has 3 rings (SSSR count). The van der Waals surface area contributed by atoms with Crippen molar-refractivity contribution >= 4 is 17.1 Å². The smallest absolute Gasteiger partial charge is 0.128 e. The van der Waals surface area contributed by atoms with E-state index in [0.717, 1.165) is 37.6 Å². The Morgan fingerprint density at radius 2 is 1.09 bits per heavy atom. The summed E-state index contributed by atoms with van der Waals surface area (Å²) in [6.07, 6.45) is 0. The van der Waals surface area contributed by atoms with Gasteiger partial charge in [-0.2, -0.15) is 0 Å². The molecule has 0 unspecified atom stereocenters. The van der Waals surface area contributed by atoms with E-state index in [9.17, 15) is 4.39 Å². The Labute approximate surface area is 129 Å². The molecule has 1 aliphatic rings. The minimum Gasteiger partial charge on any atom is -0.870 e. The summed E-state index contributed by atoms with van der Waals surface area (Å²) in [6, 6.07) is 15.1. The van der Waals surface area contributed by atoms with Crippen LogP contribution < -0.4 is 15.5 Å². The highest BCUT2D eigenvalue weighted by atomic mass is 19.1. The summed E-state index contributed by atoms with van der Waals surface area (Å²) in [5, 5.41) is 0. The van der Waals surface area contributed by atoms with Gasteiger partial charge in [0, 0.05) is 49.7 Å². The van der Waals surface area contributed by atoms with E-state index in [1.165, 1.54) is 17.8 Å². The molecular formula is C16H22FN3O2. The first-order chi connectivity index (χ1) is 9.72. The molecule has 1 fully saturated rings. The third-order valence-electron chi connectivity index (χ3n) is 3.77. The third-order valence-corrected chi connectivity index (χ3v) is 3.77. The zero-order valence-electron chi connectivity index (χ0n) is 12.4. The molecule has 6 heteroatoms. The lowest BCUT2D eigenvalue weighted by atomic mass is 10.2. The second-order valence-electron chi connectivity index (χ2n) is 5.12. The molecule has 1 saturated heterocycles. The number of anilines is 2. The van der Waals surface area contributed by atoms with E-state index >= 15 is 0 Å². The summed E-state index contributed by atoms with van der Waals surface area (Å²) in [7, 11) is 0. The van der Waals surface area contributed by atoms with Crippen LogP contribution in [0.25, 0.3) is 0 Å². The van der Waals surface area contributed by atoms with Crippen LogP contribution in [-0.4, -0.2) is 37.1 Å². The Hall–Kier alpha value is -2.15. The van der Waals surface area contributed by atoms with Crippen LogP contribution in [0.15, 0.2) is 48.5 Å². The Kier molecular flexibility index (Phi) is 6.30. The fourth-order valence-corrected chi connectivity index (χ4v) is 2.58. The van der Waals surface area contributed by atoms with Gasteiger partial charge in [0.15, 0.2) is 0 Å². The summed E-state index contributed by atoms with van der Waals surface area (Å²) >= 11 is 0. The first kappa shape index (κ1) is 17.9. The molecule has 120 valence electrons. The number of hydrogen-bond acceptors (Lipinski definition) is 3. The number of piperazine rings is 1. The van der Waals surface area contributed by atoms with Crippen LogP contribution in [-0.2, 0) is 0 Å². The predicted octanol–water partition coefficient (Wildman–Crippen LogP) is 1.02. The zero-order chi connectivity index (χ0) is 13.9. The highest BCUT2D eigenvalue weighted by Crippen LogP contribution is 2.21. The van der Waals surface area contributed by atoms with Crippen LogP contribution in [0.1, 0.15) is 0 Å². The Morgan fingerprint density at radius 3 is 1.50 bits per heavy atom. The van der Waals surface area contributed by atoms with Gasteiger partial charge in [-0.1, -0.05) is 0 Å². The summed E-state index contributed by atoms with van der Waals surface area (Å²) in [5.74, 6) is -0.180. The maximum atomic E-state index is 12.9. The number of hydrogen-bond donors (Lipinski definition) is 1. The quantitative estimate of drug-likeness (QED) is 0.897. The van der Waals surface area contributed by atoms with Gasteiger partial charge in [-0.3, -0.25) is 0 Å². The van der Waals surface area contributed by atoms with Gasteiger partial charge in [0.05, 0.1) is 0 Å².